The molecular formula is C24H34Cl2Zr. The van der Waals surface area contributed by atoms with Crippen LogP contribution in [0, 0.1) is 10.8 Å². The molecule has 0 bridgehead atoms. The average molecular weight is 485 g/mol. The van der Waals surface area contributed by atoms with Gasteiger partial charge in [0.05, 0.1) is 0 Å². The van der Waals surface area contributed by atoms with E-state index in [2.05, 4.69) is 38.2 Å². The Morgan fingerprint density at radius 2 is 1.00 bits per heavy atom. The van der Waals surface area contributed by atoms with Gasteiger partial charge < -0.3 is 24.8 Å². The van der Waals surface area contributed by atoms with Crippen molar-refractivity contribution in [3.05, 3.63) is 42.0 Å². The molecule has 0 atom stereocenters. The number of allylic oxidation sites excluding steroid dienone is 8. The van der Waals surface area contributed by atoms with Crippen molar-refractivity contribution in [1.82, 2.24) is 0 Å². The number of rotatable bonds is 4. The topological polar surface area (TPSA) is 0 Å². The van der Waals surface area contributed by atoms with Crippen molar-refractivity contribution in [2.75, 3.05) is 0 Å². The van der Waals surface area contributed by atoms with Gasteiger partial charge in [-0.3, -0.25) is 0 Å². The second-order valence-corrected chi connectivity index (χ2v) is 12.9. The SMILES string of the molecule is CC1(C2=[C]([Zr+2][C]3=C(C4(C)CCCCC4)C=CC3)CC=C2)CCCCC1.[Cl-].[Cl-]. The summed E-state index contributed by atoms with van der Waals surface area (Å²) in [4.78, 5) is 0. The zero-order valence-electron chi connectivity index (χ0n) is 17.1. The predicted molar refractivity (Wildman–Crippen MR) is 104 cm³/mol. The first-order valence-corrected chi connectivity index (χ1v) is 13.1. The fourth-order valence-corrected chi connectivity index (χ4v) is 10.3. The monoisotopic (exact) mass is 482 g/mol. The summed E-state index contributed by atoms with van der Waals surface area (Å²) in [5.74, 6) is 0. The first-order valence-electron chi connectivity index (χ1n) is 10.7. The van der Waals surface area contributed by atoms with Gasteiger partial charge in [0.15, 0.2) is 0 Å². The van der Waals surface area contributed by atoms with Gasteiger partial charge in [-0.2, -0.15) is 0 Å². The molecule has 2 fully saturated rings. The van der Waals surface area contributed by atoms with Crippen LogP contribution < -0.4 is 24.8 Å². The van der Waals surface area contributed by atoms with E-state index in [-0.39, 0.29) is 24.8 Å². The molecule has 0 N–H and O–H groups in total. The zero-order chi connectivity index (χ0) is 17.3. The van der Waals surface area contributed by atoms with Crippen LogP contribution in [0.3, 0.4) is 0 Å². The van der Waals surface area contributed by atoms with Crippen LogP contribution in [-0.4, -0.2) is 0 Å². The van der Waals surface area contributed by atoms with Gasteiger partial charge in [-0.25, -0.2) is 0 Å². The largest absolute Gasteiger partial charge is 1.00 e. The van der Waals surface area contributed by atoms with Gasteiger partial charge in [-0.05, 0) is 0 Å². The fraction of sp³-hybridized carbons (Fsp3) is 0.667. The van der Waals surface area contributed by atoms with Gasteiger partial charge in [0, 0.05) is 0 Å². The van der Waals surface area contributed by atoms with Crippen molar-refractivity contribution < 1.29 is 48.0 Å². The second-order valence-electron chi connectivity index (χ2n) is 9.37. The summed E-state index contributed by atoms with van der Waals surface area (Å²) in [6, 6.07) is 0. The minimum Gasteiger partial charge on any atom is -1.00 e. The van der Waals surface area contributed by atoms with E-state index in [1.807, 2.05) is 6.56 Å². The van der Waals surface area contributed by atoms with Crippen LogP contribution in [0.2, 0.25) is 0 Å². The molecule has 148 valence electrons. The quantitative estimate of drug-likeness (QED) is 0.567. The van der Waals surface area contributed by atoms with Gasteiger partial charge in [0.2, 0.25) is 0 Å². The van der Waals surface area contributed by atoms with Crippen LogP contribution in [0.4, 0.5) is 0 Å². The molecule has 2 saturated carbocycles. The zero-order valence-corrected chi connectivity index (χ0v) is 21.0. The Hall–Kier alpha value is 0.423. The van der Waals surface area contributed by atoms with E-state index < -0.39 is 23.2 Å². The van der Waals surface area contributed by atoms with Crippen molar-refractivity contribution in [3.63, 3.8) is 0 Å². The standard InChI is InChI=1S/2C12H17.2ClH.Zr/c2*1-12(9-5-2-6-10-12)11-7-3-4-8-11;;;/h2*3,7H,2,4-6,9-10H2,1H3;2*1H;/q;;;;+2/p-2. The van der Waals surface area contributed by atoms with Crippen molar-refractivity contribution in [3.8, 4) is 0 Å². The summed E-state index contributed by atoms with van der Waals surface area (Å²) in [6.45, 7) is 5.14. The maximum Gasteiger partial charge on any atom is -1.00 e. The van der Waals surface area contributed by atoms with Crippen molar-refractivity contribution in [2.24, 2.45) is 10.8 Å². The Morgan fingerprint density at radius 1 is 0.630 bits per heavy atom. The summed E-state index contributed by atoms with van der Waals surface area (Å²) in [7, 11) is 0. The third kappa shape index (κ3) is 4.95. The minimum atomic E-state index is -0.598. The summed E-state index contributed by atoms with van der Waals surface area (Å²) in [5, 5.41) is 0. The molecule has 0 spiro atoms. The van der Waals surface area contributed by atoms with Crippen LogP contribution in [0.25, 0.3) is 0 Å². The molecule has 0 radical (unpaired) electrons. The van der Waals surface area contributed by atoms with Crippen molar-refractivity contribution in [1.29, 1.82) is 0 Å². The molecule has 0 aromatic heterocycles. The van der Waals surface area contributed by atoms with Gasteiger partial charge in [-0.15, -0.1) is 0 Å². The van der Waals surface area contributed by atoms with E-state index >= 15 is 0 Å². The fourth-order valence-electron chi connectivity index (χ4n) is 5.76. The Labute approximate surface area is 190 Å². The van der Waals surface area contributed by atoms with Crippen molar-refractivity contribution >= 4 is 0 Å². The Bertz CT molecular complexity index is 585. The third-order valence-corrected chi connectivity index (χ3v) is 11.2. The van der Waals surface area contributed by atoms with Crippen LogP contribution in [0.15, 0.2) is 42.0 Å². The number of halogens is 2. The molecule has 0 aliphatic heterocycles. The Morgan fingerprint density at radius 3 is 1.37 bits per heavy atom. The van der Waals surface area contributed by atoms with Crippen molar-refractivity contribution in [2.45, 2.75) is 90.9 Å². The van der Waals surface area contributed by atoms with Crippen LogP contribution in [0.1, 0.15) is 90.9 Å². The third-order valence-electron chi connectivity index (χ3n) is 7.38. The summed E-state index contributed by atoms with van der Waals surface area (Å²) in [6.07, 6.45) is 27.0. The molecule has 4 rings (SSSR count). The number of hydrogen-bond donors (Lipinski definition) is 0. The second kappa shape index (κ2) is 9.95. The van der Waals surface area contributed by atoms with E-state index in [4.69, 9.17) is 0 Å². The molecule has 0 heterocycles. The molecule has 27 heavy (non-hydrogen) atoms. The first-order chi connectivity index (χ1) is 12.1. The maximum atomic E-state index is 2.57. The Balaban J connectivity index is 0.00000131. The van der Waals surface area contributed by atoms with E-state index in [1.165, 1.54) is 77.0 Å². The molecule has 0 amide bonds. The van der Waals surface area contributed by atoms with Gasteiger partial charge in [0.25, 0.3) is 0 Å². The smallest absolute Gasteiger partial charge is 1.00 e. The van der Waals surface area contributed by atoms with Crippen LogP contribution in [0.5, 0.6) is 0 Å². The van der Waals surface area contributed by atoms with Gasteiger partial charge >= 0.3 is 167 Å². The molecule has 0 unspecified atom stereocenters. The molecule has 0 saturated heterocycles. The minimum absolute atomic E-state index is 0. The molecule has 0 aromatic carbocycles. The molecule has 0 aromatic rings. The molecule has 0 nitrogen and oxygen atoms in total. The van der Waals surface area contributed by atoms with Gasteiger partial charge in [-0.1, -0.05) is 0 Å². The van der Waals surface area contributed by atoms with E-state index in [1.54, 1.807) is 11.1 Å². The van der Waals surface area contributed by atoms with E-state index in [0.717, 1.165) is 0 Å². The van der Waals surface area contributed by atoms with E-state index in [9.17, 15) is 0 Å². The summed E-state index contributed by atoms with van der Waals surface area (Å²) < 4.78 is 3.84. The molecular weight excluding hydrogens is 450 g/mol. The summed E-state index contributed by atoms with van der Waals surface area (Å²) >= 11 is -0.598. The van der Waals surface area contributed by atoms with E-state index in [0.29, 0.717) is 10.8 Å². The van der Waals surface area contributed by atoms with Gasteiger partial charge in [0.1, 0.15) is 0 Å². The summed E-state index contributed by atoms with van der Waals surface area (Å²) in [5.41, 5.74) is 4.60. The predicted octanol–water partition coefficient (Wildman–Crippen LogP) is 1.45. The maximum absolute atomic E-state index is 2.57. The molecule has 4 aliphatic rings. The normalized spacial score (nSPS) is 25.9. The average Bonchev–Trinajstić information content (AvgIpc) is 3.27. The molecule has 4 aliphatic carbocycles. The number of hydrogen-bond acceptors (Lipinski definition) is 0. The van der Waals surface area contributed by atoms with Crippen LogP contribution >= 0.6 is 0 Å². The van der Waals surface area contributed by atoms with Crippen LogP contribution in [-0.2, 0) is 23.2 Å². The first kappa shape index (κ1) is 23.7. The Kier molecular flexibility index (Phi) is 8.74. The molecule has 3 heteroatoms.